The topological polar surface area (TPSA) is 58.3 Å². The van der Waals surface area contributed by atoms with Gasteiger partial charge in [0.2, 0.25) is 11.8 Å². The second-order valence-electron chi connectivity index (χ2n) is 7.27. The fourth-order valence-electron chi connectivity index (χ4n) is 3.55. The molecule has 2 aromatic heterocycles. The summed E-state index contributed by atoms with van der Waals surface area (Å²) in [5, 5.41) is 8.38. The molecule has 0 radical (unpaired) electrons. The number of hydrogen-bond acceptors (Lipinski definition) is 6. The maximum Gasteiger partial charge on any atom is 0.417 e. The lowest BCUT2D eigenvalue weighted by atomic mass is 10.2. The third-order valence-corrected chi connectivity index (χ3v) is 5.30. The molecule has 0 spiro atoms. The molecule has 1 fully saturated rings. The molecule has 158 valence electrons. The quantitative estimate of drug-likeness (QED) is 0.626. The molecule has 9 heteroatoms. The normalized spacial score (nSPS) is 17.0. The zero-order valence-electron chi connectivity index (χ0n) is 16.5. The number of hydrogen-bond donors (Lipinski definition) is 0. The molecular weight excluding hydrogens is 395 g/mol. The molecular formula is C21H22F3N5O. The molecule has 1 aliphatic heterocycles. The fraction of sp³-hybridized carbons (Fsp3) is 0.381. The van der Waals surface area contributed by atoms with E-state index in [2.05, 4.69) is 20.1 Å². The van der Waals surface area contributed by atoms with Crippen LogP contribution in [0.25, 0.3) is 11.5 Å². The first-order valence-corrected chi connectivity index (χ1v) is 9.83. The Balaban J connectivity index is 1.41. The SMILES string of the molecule is CC(c1nnc(-c2ccccc2)o1)N1CCCN(c2ccc(C(F)(F)F)cn2)CC1. The number of nitrogens with zero attached hydrogens (tertiary/aromatic N) is 5. The maximum absolute atomic E-state index is 12.8. The average Bonchev–Trinajstić information content (AvgIpc) is 3.11. The Bertz CT molecular complexity index is 959. The first-order chi connectivity index (χ1) is 14.4. The van der Waals surface area contributed by atoms with E-state index >= 15 is 0 Å². The van der Waals surface area contributed by atoms with E-state index in [1.807, 2.05) is 42.2 Å². The van der Waals surface area contributed by atoms with Crippen LogP contribution in [0, 0.1) is 0 Å². The van der Waals surface area contributed by atoms with Gasteiger partial charge in [0.05, 0.1) is 11.6 Å². The van der Waals surface area contributed by atoms with E-state index in [4.69, 9.17) is 4.42 Å². The van der Waals surface area contributed by atoms with Gasteiger partial charge in [-0.25, -0.2) is 4.98 Å². The predicted molar refractivity (Wildman–Crippen MR) is 106 cm³/mol. The molecule has 30 heavy (non-hydrogen) atoms. The Morgan fingerprint density at radius 1 is 0.967 bits per heavy atom. The predicted octanol–water partition coefficient (Wildman–Crippen LogP) is 4.42. The summed E-state index contributed by atoms with van der Waals surface area (Å²) >= 11 is 0. The summed E-state index contributed by atoms with van der Waals surface area (Å²) in [6, 6.07) is 12.1. The molecule has 1 unspecified atom stereocenters. The molecule has 1 atom stereocenters. The monoisotopic (exact) mass is 417 g/mol. The van der Waals surface area contributed by atoms with E-state index in [-0.39, 0.29) is 6.04 Å². The van der Waals surface area contributed by atoms with Crippen LogP contribution in [0.15, 0.2) is 53.1 Å². The number of anilines is 1. The summed E-state index contributed by atoms with van der Waals surface area (Å²) in [4.78, 5) is 8.27. The molecule has 1 aromatic carbocycles. The van der Waals surface area contributed by atoms with Crippen LogP contribution in [0.4, 0.5) is 19.0 Å². The highest BCUT2D eigenvalue weighted by Gasteiger charge is 2.31. The lowest BCUT2D eigenvalue weighted by Gasteiger charge is -2.25. The van der Waals surface area contributed by atoms with Crippen molar-refractivity contribution in [2.45, 2.75) is 25.6 Å². The van der Waals surface area contributed by atoms with Crippen molar-refractivity contribution in [3.63, 3.8) is 0 Å². The van der Waals surface area contributed by atoms with Crippen LogP contribution in [-0.2, 0) is 6.18 Å². The molecule has 1 aliphatic rings. The van der Waals surface area contributed by atoms with E-state index in [0.717, 1.165) is 37.3 Å². The Hall–Kier alpha value is -2.94. The van der Waals surface area contributed by atoms with E-state index in [0.29, 0.717) is 30.7 Å². The molecule has 0 aliphatic carbocycles. The van der Waals surface area contributed by atoms with Gasteiger partial charge in [0, 0.05) is 37.9 Å². The summed E-state index contributed by atoms with van der Waals surface area (Å²) in [5.74, 6) is 1.60. The number of alkyl halides is 3. The van der Waals surface area contributed by atoms with Crippen LogP contribution in [0.2, 0.25) is 0 Å². The highest BCUT2D eigenvalue weighted by molar-refractivity contribution is 5.51. The van der Waals surface area contributed by atoms with Gasteiger partial charge in [0.15, 0.2) is 0 Å². The first kappa shape index (κ1) is 20.3. The molecule has 0 N–H and O–H groups in total. The van der Waals surface area contributed by atoms with E-state index in [1.54, 1.807) is 0 Å². The van der Waals surface area contributed by atoms with Crippen LogP contribution in [0.1, 0.15) is 30.8 Å². The second-order valence-corrected chi connectivity index (χ2v) is 7.27. The summed E-state index contributed by atoms with van der Waals surface area (Å²) in [6.45, 7) is 4.94. The molecule has 6 nitrogen and oxygen atoms in total. The van der Waals surface area contributed by atoms with Crippen molar-refractivity contribution < 1.29 is 17.6 Å². The van der Waals surface area contributed by atoms with Gasteiger partial charge in [-0.15, -0.1) is 10.2 Å². The molecule has 3 aromatic rings. The van der Waals surface area contributed by atoms with Crippen molar-refractivity contribution in [2.24, 2.45) is 0 Å². The Morgan fingerprint density at radius 3 is 2.47 bits per heavy atom. The minimum absolute atomic E-state index is 0.0597. The van der Waals surface area contributed by atoms with Gasteiger partial charge < -0.3 is 9.32 Å². The summed E-state index contributed by atoms with van der Waals surface area (Å²) in [7, 11) is 0. The second kappa shape index (κ2) is 8.43. The third-order valence-electron chi connectivity index (χ3n) is 5.30. The number of aromatic nitrogens is 3. The van der Waals surface area contributed by atoms with Gasteiger partial charge >= 0.3 is 6.18 Å². The number of rotatable bonds is 4. The smallest absolute Gasteiger partial charge is 0.417 e. The largest absolute Gasteiger partial charge is 0.419 e. The first-order valence-electron chi connectivity index (χ1n) is 9.83. The lowest BCUT2D eigenvalue weighted by Crippen LogP contribution is -2.33. The molecule has 4 rings (SSSR count). The van der Waals surface area contributed by atoms with Crippen LogP contribution < -0.4 is 4.90 Å². The molecule has 3 heterocycles. The summed E-state index contributed by atoms with van der Waals surface area (Å²) in [5.41, 5.74) is 0.140. The number of pyridine rings is 1. The Labute approximate surface area is 172 Å². The van der Waals surface area contributed by atoms with Gasteiger partial charge in [-0.2, -0.15) is 13.2 Å². The van der Waals surface area contributed by atoms with Gasteiger partial charge in [-0.3, -0.25) is 4.90 Å². The minimum atomic E-state index is -4.38. The number of benzene rings is 1. The highest BCUT2D eigenvalue weighted by Crippen LogP contribution is 2.30. The molecule has 1 saturated heterocycles. The molecule has 0 amide bonds. The van der Waals surface area contributed by atoms with E-state index < -0.39 is 11.7 Å². The van der Waals surface area contributed by atoms with Crippen LogP contribution in [0.3, 0.4) is 0 Å². The zero-order chi connectivity index (χ0) is 21.1. The van der Waals surface area contributed by atoms with E-state index in [9.17, 15) is 13.2 Å². The lowest BCUT2D eigenvalue weighted by molar-refractivity contribution is -0.137. The van der Waals surface area contributed by atoms with Crippen molar-refractivity contribution in [2.75, 3.05) is 31.1 Å². The van der Waals surface area contributed by atoms with Gasteiger partial charge in [-0.05, 0) is 37.6 Å². The van der Waals surface area contributed by atoms with Gasteiger partial charge in [-0.1, -0.05) is 18.2 Å². The van der Waals surface area contributed by atoms with Crippen molar-refractivity contribution >= 4 is 5.82 Å². The van der Waals surface area contributed by atoms with Crippen molar-refractivity contribution in [1.29, 1.82) is 0 Å². The standard InChI is InChI=1S/C21H22F3N5O/c1-15(19-26-27-20(30-19)16-6-3-2-4-7-16)28-10-5-11-29(13-12-28)18-9-8-17(14-25-18)21(22,23)24/h2-4,6-9,14-15H,5,10-13H2,1H3. The maximum atomic E-state index is 12.8. The summed E-state index contributed by atoms with van der Waals surface area (Å²) < 4.78 is 44.2. The molecule has 0 saturated carbocycles. The minimum Gasteiger partial charge on any atom is -0.419 e. The van der Waals surface area contributed by atoms with Gasteiger partial charge in [0.25, 0.3) is 0 Å². The van der Waals surface area contributed by atoms with Crippen molar-refractivity contribution in [1.82, 2.24) is 20.1 Å². The van der Waals surface area contributed by atoms with Crippen LogP contribution >= 0.6 is 0 Å². The van der Waals surface area contributed by atoms with E-state index in [1.165, 1.54) is 6.07 Å². The fourth-order valence-corrected chi connectivity index (χ4v) is 3.55. The highest BCUT2D eigenvalue weighted by atomic mass is 19.4. The van der Waals surface area contributed by atoms with Gasteiger partial charge in [0.1, 0.15) is 5.82 Å². The average molecular weight is 417 g/mol. The van der Waals surface area contributed by atoms with Crippen molar-refractivity contribution in [3.8, 4) is 11.5 Å². The Kier molecular flexibility index (Phi) is 5.72. The zero-order valence-corrected chi connectivity index (χ0v) is 16.5. The van der Waals surface area contributed by atoms with Crippen LogP contribution in [0.5, 0.6) is 0 Å². The van der Waals surface area contributed by atoms with Crippen molar-refractivity contribution in [3.05, 3.63) is 60.1 Å². The Morgan fingerprint density at radius 2 is 1.77 bits per heavy atom. The number of halogens is 3. The molecule has 0 bridgehead atoms. The van der Waals surface area contributed by atoms with Crippen LogP contribution in [-0.4, -0.2) is 46.3 Å². The third kappa shape index (κ3) is 4.46. The summed E-state index contributed by atoms with van der Waals surface area (Å²) in [6.07, 6.45) is -2.63.